The van der Waals surface area contributed by atoms with Crippen molar-refractivity contribution >= 4 is 0 Å². The van der Waals surface area contributed by atoms with Crippen molar-refractivity contribution < 1.29 is 5.11 Å². The van der Waals surface area contributed by atoms with Crippen molar-refractivity contribution in [2.24, 2.45) is 0 Å². The third-order valence-electron chi connectivity index (χ3n) is 4.02. The summed E-state index contributed by atoms with van der Waals surface area (Å²) < 4.78 is 0. The minimum absolute atomic E-state index is 0.152. The van der Waals surface area contributed by atoms with Crippen LogP contribution < -0.4 is 0 Å². The Morgan fingerprint density at radius 3 is 2.50 bits per heavy atom. The molecule has 0 aliphatic carbocycles. The molecule has 1 unspecified atom stereocenters. The van der Waals surface area contributed by atoms with Crippen LogP contribution in [0.2, 0.25) is 0 Å². The van der Waals surface area contributed by atoms with Gasteiger partial charge in [0.2, 0.25) is 0 Å². The molecule has 1 N–H and O–H groups in total. The zero-order chi connectivity index (χ0) is 14.2. The first-order valence-corrected chi connectivity index (χ1v) is 7.94. The van der Waals surface area contributed by atoms with Gasteiger partial charge in [0.1, 0.15) is 0 Å². The number of rotatable bonds is 6. The van der Waals surface area contributed by atoms with Gasteiger partial charge in [0, 0.05) is 26.2 Å². The fourth-order valence-electron chi connectivity index (χ4n) is 2.93. The minimum atomic E-state index is -0.152. The molecule has 0 amide bonds. The topological polar surface area (TPSA) is 26.7 Å². The molecule has 0 spiro atoms. The number of hydrogen-bond donors (Lipinski definition) is 1. The van der Waals surface area contributed by atoms with Gasteiger partial charge >= 0.3 is 0 Å². The van der Waals surface area contributed by atoms with Crippen LogP contribution in [0.4, 0.5) is 0 Å². The van der Waals surface area contributed by atoms with Crippen LogP contribution in [-0.2, 0) is 6.54 Å². The normalized spacial score (nSPS) is 19.7. The molecule has 0 saturated carbocycles. The molecule has 1 aliphatic rings. The van der Waals surface area contributed by atoms with Gasteiger partial charge in [-0.05, 0) is 31.5 Å². The Bertz CT molecular complexity index is 369. The van der Waals surface area contributed by atoms with E-state index in [9.17, 15) is 5.11 Å². The Morgan fingerprint density at radius 1 is 1.05 bits per heavy atom. The van der Waals surface area contributed by atoms with Crippen LogP contribution >= 0.6 is 0 Å². The Morgan fingerprint density at radius 2 is 1.75 bits per heavy atom. The van der Waals surface area contributed by atoms with Crippen molar-refractivity contribution in [1.82, 2.24) is 9.80 Å². The van der Waals surface area contributed by atoms with Crippen molar-refractivity contribution in [3.63, 3.8) is 0 Å². The maximum absolute atomic E-state index is 9.94. The molecule has 3 heteroatoms. The first kappa shape index (κ1) is 15.5. The molecule has 1 fully saturated rings. The number of β-amino-alcohol motifs (C(OH)–C–C–N with tert-alkyl or cyclic N) is 1. The molecular weight excluding hydrogens is 248 g/mol. The Hall–Kier alpha value is -0.900. The average molecular weight is 276 g/mol. The third kappa shape index (κ3) is 5.23. The molecule has 1 aromatic rings. The average Bonchev–Trinajstić information content (AvgIpc) is 2.66. The molecule has 1 aromatic carbocycles. The molecule has 3 nitrogen and oxygen atoms in total. The largest absolute Gasteiger partial charge is 0.392 e. The molecule has 1 atom stereocenters. The van der Waals surface area contributed by atoms with Gasteiger partial charge in [0.05, 0.1) is 6.10 Å². The molecule has 0 aromatic heterocycles. The molecule has 1 aliphatic heterocycles. The van der Waals surface area contributed by atoms with Crippen LogP contribution in [0.25, 0.3) is 0 Å². The van der Waals surface area contributed by atoms with Gasteiger partial charge in [-0.25, -0.2) is 0 Å². The highest BCUT2D eigenvalue weighted by Gasteiger charge is 2.17. The monoisotopic (exact) mass is 276 g/mol. The van der Waals surface area contributed by atoms with Crippen LogP contribution in [0.15, 0.2) is 30.3 Å². The second-order valence-corrected chi connectivity index (χ2v) is 5.86. The van der Waals surface area contributed by atoms with E-state index in [0.717, 1.165) is 52.1 Å². The van der Waals surface area contributed by atoms with E-state index < -0.39 is 0 Å². The minimum Gasteiger partial charge on any atom is -0.392 e. The van der Waals surface area contributed by atoms with E-state index in [4.69, 9.17) is 0 Å². The van der Waals surface area contributed by atoms with E-state index in [2.05, 4.69) is 47.1 Å². The first-order valence-electron chi connectivity index (χ1n) is 7.94. The molecule has 112 valence electrons. The lowest BCUT2D eigenvalue weighted by atomic mass is 10.2. The van der Waals surface area contributed by atoms with Crippen LogP contribution in [-0.4, -0.2) is 53.7 Å². The summed E-state index contributed by atoms with van der Waals surface area (Å²) in [5.41, 5.74) is 1.40. The summed E-state index contributed by atoms with van der Waals surface area (Å²) in [5, 5.41) is 9.94. The molecule has 20 heavy (non-hydrogen) atoms. The van der Waals surface area contributed by atoms with Crippen LogP contribution in [0.5, 0.6) is 0 Å². The lowest BCUT2D eigenvalue weighted by Crippen LogP contribution is -2.35. The third-order valence-corrected chi connectivity index (χ3v) is 4.02. The van der Waals surface area contributed by atoms with Crippen LogP contribution in [0.3, 0.4) is 0 Å². The highest BCUT2D eigenvalue weighted by Crippen LogP contribution is 2.10. The number of benzene rings is 1. The lowest BCUT2D eigenvalue weighted by molar-refractivity contribution is 0.106. The molecule has 1 saturated heterocycles. The van der Waals surface area contributed by atoms with Gasteiger partial charge in [-0.1, -0.05) is 43.7 Å². The van der Waals surface area contributed by atoms with Crippen molar-refractivity contribution in [3.05, 3.63) is 35.9 Å². The predicted molar refractivity (Wildman–Crippen MR) is 83.7 cm³/mol. The van der Waals surface area contributed by atoms with Crippen molar-refractivity contribution in [2.75, 3.05) is 32.7 Å². The Labute approximate surface area is 123 Å². The van der Waals surface area contributed by atoms with Crippen LogP contribution in [0.1, 0.15) is 31.7 Å². The van der Waals surface area contributed by atoms with E-state index in [0.29, 0.717) is 0 Å². The molecule has 2 rings (SSSR count). The highest BCUT2D eigenvalue weighted by atomic mass is 16.3. The summed E-state index contributed by atoms with van der Waals surface area (Å²) in [4.78, 5) is 4.95. The number of hydrogen-bond acceptors (Lipinski definition) is 3. The summed E-state index contributed by atoms with van der Waals surface area (Å²) in [6.07, 6.45) is 3.03. The zero-order valence-corrected chi connectivity index (χ0v) is 12.7. The summed E-state index contributed by atoms with van der Waals surface area (Å²) in [7, 11) is 0. The standard InChI is InChI=1S/C17H28N2O/c1-2-7-17(20)15-19-11-6-10-18(12-13-19)14-16-8-4-3-5-9-16/h3-5,8-9,17,20H,2,6-7,10-15H2,1H3. The SMILES string of the molecule is CCCC(O)CN1CCCN(Cc2ccccc2)CC1. The van der Waals surface area contributed by atoms with Gasteiger partial charge in [-0.2, -0.15) is 0 Å². The van der Waals surface area contributed by atoms with E-state index in [-0.39, 0.29) is 6.10 Å². The van der Waals surface area contributed by atoms with Gasteiger partial charge in [-0.15, -0.1) is 0 Å². The fraction of sp³-hybridized carbons (Fsp3) is 0.647. The molecule has 0 bridgehead atoms. The quantitative estimate of drug-likeness (QED) is 0.864. The van der Waals surface area contributed by atoms with Gasteiger partial charge in [0.25, 0.3) is 0 Å². The van der Waals surface area contributed by atoms with Crippen molar-refractivity contribution in [2.45, 2.75) is 38.8 Å². The first-order chi connectivity index (χ1) is 9.78. The van der Waals surface area contributed by atoms with Crippen molar-refractivity contribution in [1.29, 1.82) is 0 Å². The van der Waals surface area contributed by atoms with Gasteiger partial charge in [0.15, 0.2) is 0 Å². The number of aliphatic hydroxyl groups is 1. The molecule has 1 heterocycles. The van der Waals surface area contributed by atoms with E-state index in [1.165, 1.54) is 12.0 Å². The summed E-state index contributed by atoms with van der Waals surface area (Å²) in [5.74, 6) is 0. The van der Waals surface area contributed by atoms with E-state index in [1.807, 2.05) is 0 Å². The number of nitrogens with zero attached hydrogens (tertiary/aromatic N) is 2. The summed E-state index contributed by atoms with van der Waals surface area (Å²) in [6.45, 7) is 8.48. The van der Waals surface area contributed by atoms with Gasteiger partial charge in [-0.3, -0.25) is 9.80 Å². The van der Waals surface area contributed by atoms with E-state index >= 15 is 0 Å². The van der Waals surface area contributed by atoms with Gasteiger partial charge < -0.3 is 5.11 Å². The molecule has 0 radical (unpaired) electrons. The second-order valence-electron chi connectivity index (χ2n) is 5.86. The van der Waals surface area contributed by atoms with E-state index in [1.54, 1.807) is 0 Å². The summed E-state index contributed by atoms with van der Waals surface area (Å²) in [6, 6.07) is 10.7. The maximum atomic E-state index is 9.94. The predicted octanol–water partition coefficient (Wildman–Crippen LogP) is 2.36. The highest BCUT2D eigenvalue weighted by molar-refractivity contribution is 5.14. The second kappa shape index (κ2) is 8.40. The number of aliphatic hydroxyl groups excluding tert-OH is 1. The Kier molecular flexibility index (Phi) is 6.51. The van der Waals surface area contributed by atoms with Crippen molar-refractivity contribution in [3.8, 4) is 0 Å². The fourth-order valence-corrected chi connectivity index (χ4v) is 2.93. The smallest absolute Gasteiger partial charge is 0.0667 e. The maximum Gasteiger partial charge on any atom is 0.0667 e. The lowest BCUT2D eigenvalue weighted by Gasteiger charge is -2.23. The van der Waals surface area contributed by atoms with Crippen LogP contribution in [0, 0.1) is 0 Å². The molecular formula is C17H28N2O. The summed E-state index contributed by atoms with van der Waals surface area (Å²) >= 11 is 0. The zero-order valence-electron chi connectivity index (χ0n) is 12.7. The Balaban J connectivity index is 1.77.